The Hall–Kier alpha value is -3.98. The van der Waals surface area contributed by atoms with Gasteiger partial charge in [0, 0.05) is 19.5 Å². The van der Waals surface area contributed by atoms with Crippen molar-refractivity contribution in [1.29, 1.82) is 0 Å². The van der Waals surface area contributed by atoms with Crippen molar-refractivity contribution >= 4 is 57.8 Å². The summed E-state index contributed by atoms with van der Waals surface area (Å²) in [7, 11) is 0. The van der Waals surface area contributed by atoms with Gasteiger partial charge in [0.15, 0.2) is 0 Å². The molecule has 38 heavy (non-hydrogen) atoms. The minimum atomic E-state index is 1.23. The lowest BCUT2D eigenvalue weighted by Crippen LogP contribution is -1.78. The quantitative estimate of drug-likeness (QED) is 0.203. The smallest absolute Gasteiger partial charge is 0.0349 e. The van der Waals surface area contributed by atoms with E-state index in [9.17, 15) is 0 Å². The lowest BCUT2D eigenvalue weighted by atomic mass is 10.0. The molecular formula is C36H28S2. The van der Waals surface area contributed by atoms with E-state index in [0.717, 1.165) is 0 Å². The molecule has 0 aliphatic carbocycles. The van der Waals surface area contributed by atoms with Crippen LogP contribution in [-0.2, 0) is 0 Å². The monoisotopic (exact) mass is 524 g/mol. The molecule has 6 rings (SSSR count). The number of benzene rings is 4. The highest BCUT2D eigenvalue weighted by atomic mass is 32.1. The van der Waals surface area contributed by atoms with Crippen LogP contribution in [0.5, 0.6) is 0 Å². The number of thiophene rings is 2. The fraction of sp³-hybridized carbons (Fsp3) is 0.0556. The van der Waals surface area contributed by atoms with Gasteiger partial charge in [0.25, 0.3) is 0 Å². The molecule has 6 aromatic rings. The van der Waals surface area contributed by atoms with Gasteiger partial charge >= 0.3 is 0 Å². The summed E-state index contributed by atoms with van der Waals surface area (Å²) in [6, 6.07) is 39.8. The first kappa shape index (κ1) is 24.4. The molecule has 0 radical (unpaired) electrons. The molecule has 0 atom stereocenters. The van der Waals surface area contributed by atoms with E-state index >= 15 is 0 Å². The average molecular weight is 525 g/mol. The van der Waals surface area contributed by atoms with Crippen LogP contribution < -0.4 is 0 Å². The number of hydrogen-bond donors (Lipinski definition) is 0. The van der Waals surface area contributed by atoms with Gasteiger partial charge in [-0.25, -0.2) is 0 Å². The van der Waals surface area contributed by atoms with E-state index in [1.54, 1.807) is 0 Å². The van der Waals surface area contributed by atoms with Crippen LogP contribution in [0.2, 0.25) is 0 Å². The van der Waals surface area contributed by atoms with Crippen LogP contribution in [0.4, 0.5) is 0 Å². The van der Waals surface area contributed by atoms with Crippen LogP contribution in [-0.4, -0.2) is 0 Å². The number of hydrogen-bond acceptors (Lipinski definition) is 2. The molecule has 0 aliphatic rings. The van der Waals surface area contributed by atoms with Crippen molar-refractivity contribution in [2.75, 3.05) is 0 Å². The molecule has 2 aromatic heterocycles. The Balaban J connectivity index is 1.18. The van der Waals surface area contributed by atoms with Crippen molar-refractivity contribution in [3.05, 3.63) is 141 Å². The normalized spacial score (nSPS) is 11.7. The molecule has 0 saturated carbocycles. The topological polar surface area (TPSA) is 0 Å². The van der Waals surface area contributed by atoms with Gasteiger partial charge in [0.1, 0.15) is 0 Å². The van der Waals surface area contributed by atoms with Crippen molar-refractivity contribution in [2.45, 2.75) is 13.8 Å². The second-order valence-electron chi connectivity index (χ2n) is 9.67. The fourth-order valence-electron chi connectivity index (χ4n) is 4.46. The maximum Gasteiger partial charge on any atom is 0.0349 e. The van der Waals surface area contributed by atoms with Crippen molar-refractivity contribution in [2.24, 2.45) is 0 Å². The second kappa shape index (κ2) is 10.8. The predicted octanol–water partition coefficient (Wildman–Crippen LogP) is 11.3. The second-order valence-corrected chi connectivity index (χ2v) is 11.9. The molecule has 2 heterocycles. The molecule has 0 N–H and O–H groups in total. The molecule has 184 valence electrons. The van der Waals surface area contributed by atoms with E-state index in [1.807, 2.05) is 22.7 Å². The Morgan fingerprint density at radius 1 is 0.421 bits per heavy atom. The molecule has 0 fully saturated rings. The summed E-state index contributed by atoms with van der Waals surface area (Å²) in [5.41, 5.74) is 7.57. The molecule has 0 unspecified atom stereocenters. The number of aryl methyl sites for hydroxylation is 2. The Labute approximate surface area is 232 Å². The van der Waals surface area contributed by atoms with Crippen LogP contribution in [0.25, 0.3) is 56.0 Å². The molecule has 4 aromatic carbocycles. The van der Waals surface area contributed by atoms with E-state index < -0.39 is 0 Å². The third-order valence-electron chi connectivity index (χ3n) is 6.70. The maximum atomic E-state index is 2.31. The van der Waals surface area contributed by atoms with Gasteiger partial charge in [-0.15, -0.1) is 22.7 Å². The highest BCUT2D eigenvalue weighted by Gasteiger charge is 2.06. The van der Waals surface area contributed by atoms with E-state index in [4.69, 9.17) is 0 Å². The first-order valence-corrected chi connectivity index (χ1v) is 14.5. The molecule has 0 spiro atoms. The van der Waals surface area contributed by atoms with Crippen molar-refractivity contribution < 1.29 is 0 Å². The lowest BCUT2D eigenvalue weighted by molar-refractivity contribution is 1.46. The van der Waals surface area contributed by atoms with Gasteiger partial charge in [-0.3, -0.25) is 0 Å². The minimum Gasteiger partial charge on any atom is -0.136 e. The van der Waals surface area contributed by atoms with Gasteiger partial charge < -0.3 is 0 Å². The zero-order valence-corrected chi connectivity index (χ0v) is 23.2. The number of fused-ring (bicyclic) bond motifs is 1. The average Bonchev–Trinajstić information content (AvgIpc) is 3.62. The Bertz CT molecular complexity index is 1620. The lowest BCUT2D eigenvalue weighted by Gasteiger charge is -2.04. The summed E-state index contributed by atoms with van der Waals surface area (Å²) < 4.78 is 0. The summed E-state index contributed by atoms with van der Waals surface area (Å²) >= 11 is 3.66. The Morgan fingerprint density at radius 3 is 1.26 bits per heavy atom. The number of rotatable bonds is 6. The van der Waals surface area contributed by atoms with E-state index in [1.165, 1.54) is 63.7 Å². The van der Waals surface area contributed by atoms with Crippen LogP contribution in [0.1, 0.15) is 32.0 Å². The van der Waals surface area contributed by atoms with Crippen molar-refractivity contribution in [3.63, 3.8) is 0 Å². The molecule has 0 amide bonds. The van der Waals surface area contributed by atoms with E-state index in [0.29, 0.717) is 0 Å². The summed E-state index contributed by atoms with van der Waals surface area (Å²) in [4.78, 5) is 5.12. The fourth-order valence-corrected chi connectivity index (χ4v) is 6.27. The van der Waals surface area contributed by atoms with Crippen LogP contribution in [0.3, 0.4) is 0 Å². The first-order chi connectivity index (χ1) is 18.6. The summed E-state index contributed by atoms with van der Waals surface area (Å²) in [5, 5.41) is 2.54. The Morgan fingerprint density at radius 2 is 0.842 bits per heavy atom. The molecule has 0 bridgehead atoms. The van der Waals surface area contributed by atoms with Gasteiger partial charge in [-0.05, 0) is 95.4 Å². The van der Waals surface area contributed by atoms with Gasteiger partial charge in [0.2, 0.25) is 0 Å². The first-order valence-electron chi connectivity index (χ1n) is 12.8. The summed E-state index contributed by atoms with van der Waals surface area (Å²) in [5.74, 6) is 0. The van der Waals surface area contributed by atoms with Gasteiger partial charge in [-0.2, -0.15) is 0 Å². The maximum absolute atomic E-state index is 2.31. The summed E-state index contributed by atoms with van der Waals surface area (Å²) in [6.45, 7) is 4.24. The SMILES string of the molecule is Cc1ccc(C=Cc2ccc(-c3ccc4cc(-c5ccc(C=Cc6ccc(C)cc6)s5)ccc4c3)s2)cc1. The van der Waals surface area contributed by atoms with Crippen molar-refractivity contribution in [3.8, 4) is 20.9 Å². The van der Waals surface area contributed by atoms with E-state index in [2.05, 4.69) is 147 Å². The predicted molar refractivity (Wildman–Crippen MR) is 171 cm³/mol. The summed E-state index contributed by atoms with van der Waals surface area (Å²) in [6.07, 6.45) is 8.78. The largest absolute Gasteiger partial charge is 0.136 e. The zero-order valence-electron chi connectivity index (χ0n) is 21.5. The van der Waals surface area contributed by atoms with E-state index in [-0.39, 0.29) is 0 Å². The van der Waals surface area contributed by atoms with Gasteiger partial charge in [-0.1, -0.05) is 96.1 Å². The molecule has 2 heteroatoms. The highest BCUT2D eigenvalue weighted by molar-refractivity contribution is 7.16. The Kier molecular flexibility index (Phi) is 6.92. The zero-order chi connectivity index (χ0) is 25.9. The standard InChI is InChI=1S/C36H28S2/c1-25-3-7-27(8-4-25)11-17-33-19-21-35(37-33)31-15-13-30-24-32(16-14-29(30)23-31)36-22-20-34(38-36)18-12-28-9-5-26(2)6-10-28/h3-24H,1-2H3. The molecular weight excluding hydrogens is 497 g/mol. The van der Waals surface area contributed by atoms with Crippen LogP contribution in [0, 0.1) is 13.8 Å². The van der Waals surface area contributed by atoms with Crippen molar-refractivity contribution in [1.82, 2.24) is 0 Å². The van der Waals surface area contributed by atoms with Crippen LogP contribution in [0.15, 0.2) is 109 Å². The van der Waals surface area contributed by atoms with Gasteiger partial charge in [0.05, 0.1) is 0 Å². The molecule has 0 nitrogen and oxygen atoms in total. The highest BCUT2D eigenvalue weighted by Crippen LogP contribution is 2.35. The molecule has 0 aliphatic heterocycles. The minimum absolute atomic E-state index is 1.23. The third-order valence-corrected chi connectivity index (χ3v) is 8.90. The molecule has 0 saturated heterocycles. The third kappa shape index (κ3) is 5.62. The van der Waals surface area contributed by atoms with Crippen LogP contribution >= 0.6 is 22.7 Å².